The Morgan fingerprint density at radius 2 is 1.84 bits per heavy atom. The number of thiazole rings is 1. The number of carbonyl (C=O) groups excluding carboxylic acids is 1. The van der Waals surface area contributed by atoms with Gasteiger partial charge < -0.3 is 5.32 Å². The van der Waals surface area contributed by atoms with Crippen LogP contribution in [0.4, 0.5) is 5.13 Å². The molecule has 0 radical (unpaired) electrons. The third-order valence-corrected chi connectivity index (χ3v) is 5.07. The Kier molecular flexibility index (Phi) is 5.74. The smallest absolute Gasteiger partial charge is 0.230 e. The molecule has 0 bridgehead atoms. The van der Waals surface area contributed by atoms with Gasteiger partial charge in [-0.2, -0.15) is 0 Å². The van der Waals surface area contributed by atoms with Gasteiger partial charge >= 0.3 is 0 Å². The minimum atomic E-state index is -0.0951. The summed E-state index contributed by atoms with van der Waals surface area (Å²) in [5.41, 5.74) is 3.68. The summed E-state index contributed by atoms with van der Waals surface area (Å²) in [4.78, 5) is 16.6. The second-order valence-corrected chi connectivity index (χ2v) is 7.26. The van der Waals surface area contributed by atoms with Gasteiger partial charge in [0.25, 0.3) is 0 Å². The SMILES string of the molecule is CCc1ccc(CC(=O)Nc2nc(-c3cc(Cl)ccc3Cl)cs2)cc1. The van der Waals surface area contributed by atoms with Crippen molar-refractivity contribution in [1.82, 2.24) is 4.98 Å². The van der Waals surface area contributed by atoms with E-state index in [1.165, 1.54) is 16.9 Å². The molecule has 0 atom stereocenters. The van der Waals surface area contributed by atoms with Crippen LogP contribution in [0.25, 0.3) is 11.3 Å². The topological polar surface area (TPSA) is 42.0 Å². The minimum Gasteiger partial charge on any atom is -0.302 e. The highest BCUT2D eigenvalue weighted by Gasteiger charge is 2.11. The van der Waals surface area contributed by atoms with E-state index in [1.807, 2.05) is 29.6 Å². The number of rotatable bonds is 5. The highest BCUT2D eigenvalue weighted by atomic mass is 35.5. The molecule has 0 aliphatic rings. The van der Waals surface area contributed by atoms with Crippen LogP contribution in [0.3, 0.4) is 0 Å². The molecule has 3 nitrogen and oxygen atoms in total. The third-order valence-electron chi connectivity index (χ3n) is 3.75. The first-order valence-electron chi connectivity index (χ1n) is 7.83. The van der Waals surface area contributed by atoms with Gasteiger partial charge in [0.05, 0.1) is 17.1 Å². The number of halogens is 2. The predicted molar refractivity (Wildman–Crippen MR) is 106 cm³/mol. The van der Waals surface area contributed by atoms with Gasteiger partial charge in [-0.15, -0.1) is 11.3 Å². The van der Waals surface area contributed by atoms with Crippen molar-refractivity contribution in [1.29, 1.82) is 0 Å². The zero-order chi connectivity index (χ0) is 17.8. The Morgan fingerprint density at radius 1 is 1.12 bits per heavy atom. The molecule has 0 fully saturated rings. The molecular formula is C19H16Cl2N2OS. The highest BCUT2D eigenvalue weighted by Crippen LogP contribution is 2.32. The van der Waals surface area contributed by atoms with E-state index in [1.54, 1.807) is 18.2 Å². The minimum absolute atomic E-state index is 0.0951. The fourth-order valence-electron chi connectivity index (χ4n) is 2.39. The average molecular weight is 391 g/mol. The summed E-state index contributed by atoms with van der Waals surface area (Å²) in [5, 5.41) is 6.39. The molecule has 0 aliphatic carbocycles. The molecule has 1 aromatic heterocycles. The molecule has 128 valence electrons. The number of aromatic nitrogens is 1. The number of hydrogen-bond acceptors (Lipinski definition) is 3. The number of nitrogens with zero attached hydrogens (tertiary/aromatic N) is 1. The summed E-state index contributed by atoms with van der Waals surface area (Å²) in [6, 6.07) is 13.3. The average Bonchev–Trinajstić information content (AvgIpc) is 3.05. The lowest BCUT2D eigenvalue weighted by Gasteiger charge is -2.04. The molecule has 3 rings (SSSR count). The van der Waals surface area contributed by atoms with Crippen molar-refractivity contribution in [2.45, 2.75) is 19.8 Å². The van der Waals surface area contributed by atoms with Crippen LogP contribution in [-0.4, -0.2) is 10.9 Å². The normalized spacial score (nSPS) is 10.7. The first-order valence-corrected chi connectivity index (χ1v) is 9.47. The maximum atomic E-state index is 12.2. The number of hydrogen-bond donors (Lipinski definition) is 1. The number of benzene rings is 2. The summed E-state index contributed by atoms with van der Waals surface area (Å²) in [7, 11) is 0. The van der Waals surface area contributed by atoms with E-state index in [2.05, 4.69) is 17.2 Å². The van der Waals surface area contributed by atoms with E-state index in [0.717, 1.165) is 17.5 Å². The Bertz CT molecular complexity index is 891. The van der Waals surface area contributed by atoms with Crippen molar-refractivity contribution < 1.29 is 4.79 Å². The standard InChI is InChI=1S/C19H16Cl2N2OS/c1-2-12-3-5-13(6-4-12)9-18(24)23-19-22-17(11-25-19)15-10-14(20)7-8-16(15)21/h3-8,10-11H,2,9H2,1H3,(H,22,23,24). The van der Waals surface area contributed by atoms with Crippen LogP contribution >= 0.6 is 34.5 Å². The van der Waals surface area contributed by atoms with Crippen LogP contribution in [0.15, 0.2) is 47.8 Å². The molecule has 6 heteroatoms. The highest BCUT2D eigenvalue weighted by molar-refractivity contribution is 7.14. The van der Waals surface area contributed by atoms with Crippen molar-refractivity contribution in [3.63, 3.8) is 0 Å². The number of anilines is 1. The van der Waals surface area contributed by atoms with E-state index >= 15 is 0 Å². The lowest BCUT2D eigenvalue weighted by atomic mass is 10.1. The molecule has 0 saturated heterocycles. The van der Waals surface area contributed by atoms with Gasteiger partial charge in [0.15, 0.2) is 5.13 Å². The van der Waals surface area contributed by atoms with E-state index in [-0.39, 0.29) is 5.91 Å². The first kappa shape index (κ1) is 17.9. The number of carbonyl (C=O) groups is 1. The maximum Gasteiger partial charge on any atom is 0.230 e. The molecule has 0 aliphatic heterocycles. The van der Waals surface area contributed by atoms with E-state index in [0.29, 0.717) is 27.3 Å². The molecule has 1 heterocycles. The Balaban J connectivity index is 1.68. The second kappa shape index (κ2) is 8.00. The molecule has 0 saturated carbocycles. The maximum absolute atomic E-state index is 12.2. The summed E-state index contributed by atoms with van der Waals surface area (Å²) in [6.45, 7) is 2.11. The van der Waals surface area contributed by atoms with Crippen LogP contribution in [-0.2, 0) is 17.6 Å². The zero-order valence-electron chi connectivity index (χ0n) is 13.6. The summed E-state index contributed by atoms with van der Waals surface area (Å²) in [5.74, 6) is -0.0951. The first-order chi connectivity index (χ1) is 12.0. The lowest BCUT2D eigenvalue weighted by molar-refractivity contribution is -0.115. The quantitative estimate of drug-likeness (QED) is 0.592. The van der Waals surface area contributed by atoms with Gasteiger partial charge in [-0.25, -0.2) is 4.98 Å². The zero-order valence-corrected chi connectivity index (χ0v) is 15.9. The molecular weight excluding hydrogens is 375 g/mol. The fourth-order valence-corrected chi connectivity index (χ4v) is 3.50. The number of nitrogens with one attached hydrogen (secondary N) is 1. The van der Waals surface area contributed by atoms with Gasteiger partial charge in [-0.05, 0) is 35.7 Å². The monoisotopic (exact) mass is 390 g/mol. The molecule has 1 N–H and O–H groups in total. The van der Waals surface area contributed by atoms with Crippen molar-refractivity contribution >= 4 is 45.6 Å². The van der Waals surface area contributed by atoms with Crippen molar-refractivity contribution in [2.75, 3.05) is 5.32 Å². The van der Waals surface area contributed by atoms with Crippen LogP contribution in [0.1, 0.15) is 18.1 Å². The van der Waals surface area contributed by atoms with Gasteiger partial charge in [0, 0.05) is 16.0 Å². The van der Waals surface area contributed by atoms with Crippen LogP contribution in [0.2, 0.25) is 10.0 Å². The molecule has 2 aromatic carbocycles. The molecule has 3 aromatic rings. The number of amides is 1. The van der Waals surface area contributed by atoms with Crippen LogP contribution in [0, 0.1) is 0 Å². The van der Waals surface area contributed by atoms with Crippen molar-refractivity contribution in [3.8, 4) is 11.3 Å². The second-order valence-electron chi connectivity index (χ2n) is 5.56. The fraction of sp³-hybridized carbons (Fsp3) is 0.158. The summed E-state index contributed by atoms with van der Waals surface area (Å²) < 4.78 is 0. The van der Waals surface area contributed by atoms with Gasteiger partial charge in [-0.1, -0.05) is 54.4 Å². The van der Waals surface area contributed by atoms with Crippen LogP contribution < -0.4 is 5.32 Å². The van der Waals surface area contributed by atoms with E-state index in [4.69, 9.17) is 23.2 Å². The predicted octanol–water partition coefficient (Wildman–Crippen LogP) is 5.86. The van der Waals surface area contributed by atoms with E-state index in [9.17, 15) is 4.79 Å². The third kappa shape index (κ3) is 4.60. The van der Waals surface area contributed by atoms with Crippen molar-refractivity contribution in [3.05, 3.63) is 69.0 Å². The molecule has 25 heavy (non-hydrogen) atoms. The van der Waals surface area contributed by atoms with Crippen LogP contribution in [0.5, 0.6) is 0 Å². The Morgan fingerprint density at radius 3 is 2.56 bits per heavy atom. The Labute approximate surface area is 160 Å². The largest absolute Gasteiger partial charge is 0.302 e. The molecule has 1 amide bonds. The van der Waals surface area contributed by atoms with Crippen molar-refractivity contribution in [2.24, 2.45) is 0 Å². The van der Waals surface area contributed by atoms with E-state index < -0.39 is 0 Å². The van der Waals surface area contributed by atoms with Gasteiger partial charge in [0.1, 0.15) is 0 Å². The summed E-state index contributed by atoms with van der Waals surface area (Å²) >= 11 is 13.6. The lowest BCUT2D eigenvalue weighted by Crippen LogP contribution is -2.14. The number of aryl methyl sites for hydroxylation is 1. The molecule has 0 spiro atoms. The van der Waals surface area contributed by atoms with Gasteiger partial charge in [-0.3, -0.25) is 4.79 Å². The molecule has 0 unspecified atom stereocenters. The Hall–Kier alpha value is -1.88. The summed E-state index contributed by atoms with van der Waals surface area (Å²) in [6.07, 6.45) is 1.30. The van der Waals surface area contributed by atoms with Gasteiger partial charge in [0.2, 0.25) is 5.91 Å².